The van der Waals surface area contributed by atoms with Crippen LogP contribution >= 0.6 is 31.9 Å². The van der Waals surface area contributed by atoms with Crippen LogP contribution in [-0.4, -0.2) is 51.9 Å². The van der Waals surface area contributed by atoms with Gasteiger partial charge in [0.15, 0.2) is 6.61 Å². The minimum Gasteiger partial charge on any atom is -0.482 e. The minimum atomic E-state index is -0.460. The molecule has 0 radical (unpaired) electrons. The fourth-order valence-electron chi connectivity index (χ4n) is 3.17. The molecule has 0 saturated carbocycles. The molecule has 1 saturated heterocycles. The van der Waals surface area contributed by atoms with Crippen molar-refractivity contribution < 1.29 is 23.8 Å². The molecule has 1 aliphatic heterocycles. The van der Waals surface area contributed by atoms with Crippen molar-refractivity contribution in [3.63, 3.8) is 0 Å². The third-order valence-electron chi connectivity index (χ3n) is 4.58. The van der Waals surface area contributed by atoms with Gasteiger partial charge < -0.3 is 24.4 Å². The monoisotopic (exact) mass is 540 g/mol. The number of nitrogens with zero attached hydrogens (tertiary/aromatic N) is 1. The molecule has 0 unspecified atom stereocenters. The van der Waals surface area contributed by atoms with E-state index in [4.69, 9.17) is 14.2 Å². The van der Waals surface area contributed by atoms with E-state index in [9.17, 15) is 9.59 Å². The summed E-state index contributed by atoms with van der Waals surface area (Å²) in [7, 11) is 1.34. The molecule has 0 aliphatic carbocycles. The first-order valence-electron chi connectivity index (χ1n) is 9.32. The van der Waals surface area contributed by atoms with Crippen molar-refractivity contribution in [1.29, 1.82) is 0 Å². The smallest absolute Gasteiger partial charge is 0.340 e. The molecule has 1 aliphatic rings. The zero-order valence-corrected chi connectivity index (χ0v) is 19.8. The van der Waals surface area contributed by atoms with Gasteiger partial charge in [-0.3, -0.25) is 4.79 Å². The molecule has 0 aromatic heterocycles. The highest BCUT2D eigenvalue weighted by atomic mass is 79.9. The highest BCUT2D eigenvalue weighted by molar-refractivity contribution is 9.11. The second kappa shape index (κ2) is 10.3. The number of rotatable bonds is 6. The molecule has 160 valence electrons. The molecule has 7 nitrogen and oxygen atoms in total. The summed E-state index contributed by atoms with van der Waals surface area (Å²) < 4.78 is 17.7. The number of carbonyl (C=O) groups is 2. The van der Waals surface area contributed by atoms with Gasteiger partial charge in [0.25, 0.3) is 5.91 Å². The Kier molecular flexibility index (Phi) is 7.74. The molecule has 1 heterocycles. The molecule has 9 heteroatoms. The molecule has 30 heavy (non-hydrogen) atoms. The second-order valence-corrected chi connectivity index (χ2v) is 8.46. The average Bonchev–Trinajstić information content (AvgIpc) is 2.73. The van der Waals surface area contributed by atoms with Crippen LogP contribution in [0.2, 0.25) is 0 Å². The van der Waals surface area contributed by atoms with Crippen molar-refractivity contribution in [2.75, 3.05) is 50.2 Å². The summed E-state index contributed by atoms with van der Waals surface area (Å²) in [6, 6.07) is 8.95. The van der Waals surface area contributed by atoms with Crippen molar-refractivity contribution in [2.24, 2.45) is 0 Å². The van der Waals surface area contributed by atoms with Gasteiger partial charge in [-0.1, -0.05) is 15.9 Å². The van der Waals surface area contributed by atoms with Crippen molar-refractivity contribution in [2.45, 2.75) is 6.92 Å². The summed E-state index contributed by atoms with van der Waals surface area (Å²) in [5, 5.41) is 2.77. The van der Waals surface area contributed by atoms with Crippen LogP contribution in [0.5, 0.6) is 5.75 Å². The first kappa shape index (κ1) is 22.6. The third kappa shape index (κ3) is 5.53. The van der Waals surface area contributed by atoms with Gasteiger partial charge in [0.05, 0.1) is 36.0 Å². The van der Waals surface area contributed by atoms with Crippen molar-refractivity contribution >= 4 is 55.1 Å². The van der Waals surface area contributed by atoms with Gasteiger partial charge in [0.2, 0.25) is 0 Å². The number of methoxy groups -OCH3 is 1. The lowest BCUT2D eigenvalue weighted by atomic mass is 10.1. The minimum absolute atomic E-state index is 0.167. The Morgan fingerprint density at radius 3 is 2.57 bits per heavy atom. The van der Waals surface area contributed by atoms with Gasteiger partial charge >= 0.3 is 5.97 Å². The Labute approximate surface area is 191 Å². The van der Waals surface area contributed by atoms with Gasteiger partial charge in [-0.15, -0.1) is 0 Å². The van der Waals surface area contributed by atoms with Gasteiger partial charge in [0, 0.05) is 23.2 Å². The number of esters is 1. The van der Waals surface area contributed by atoms with Gasteiger partial charge in [-0.05, 0) is 58.7 Å². The third-order valence-corrected chi connectivity index (χ3v) is 5.63. The van der Waals surface area contributed by atoms with Crippen LogP contribution < -0.4 is 15.0 Å². The maximum atomic E-state index is 12.4. The number of hydrogen-bond acceptors (Lipinski definition) is 6. The molecule has 1 N–H and O–H groups in total. The number of hydrogen-bond donors (Lipinski definition) is 1. The number of halogens is 2. The van der Waals surface area contributed by atoms with E-state index >= 15 is 0 Å². The van der Waals surface area contributed by atoms with E-state index in [0.717, 1.165) is 20.2 Å². The summed E-state index contributed by atoms with van der Waals surface area (Å²) >= 11 is 6.86. The molecule has 2 aromatic carbocycles. The normalized spacial score (nSPS) is 13.7. The van der Waals surface area contributed by atoms with Crippen LogP contribution in [0.4, 0.5) is 11.4 Å². The Balaban J connectivity index is 1.71. The lowest BCUT2D eigenvalue weighted by Gasteiger charge is -2.30. The number of anilines is 2. The Hall–Kier alpha value is -2.10. The molecule has 3 rings (SSSR count). The zero-order chi connectivity index (χ0) is 21.7. The SMILES string of the molecule is COC(=O)c1cc(NC(=O)COc2c(C)cc(Br)cc2Br)ccc1N1CCOCC1. The Morgan fingerprint density at radius 2 is 1.90 bits per heavy atom. The van der Waals surface area contributed by atoms with Gasteiger partial charge in [0.1, 0.15) is 5.75 Å². The second-order valence-electron chi connectivity index (χ2n) is 6.69. The lowest BCUT2D eigenvalue weighted by Crippen LogP contribution is -2.37. The first-order valence-corrected chi connectivity index (χ1v) is 10.9. The van der Waals surface area contributed by atoms with E-state index in [1.165, 1.54) is 7.11 Å². The summed E-state index contributed by atoms with van der Waals surface area (Å²) in [5.74, 6) is -0.191. The van der Waals surface area contributed by atoms with Crippen molar-refractivity contribution in [3.05, 3.63) is 50.4 Å². The van der Waals surface area contributed by atoms with Crippen LogP contribution in [-0.2, 0) is 14.3 Å². The molecule has 1 amide bonds. The predicted molar refractivity (Wildman–Crippen MR) is 122 cm³/mol. The Bertz CT molecular complexity index is 922. The molecule has 0 atom stereocenters. The van der Waals surface area contributed by atoms with E-state index in [0.29, 0.717) is 43.3 Å². The van der Waals surface area contributed by atoms with Crippen LogP contribution in [0.1, 0.15) is 15.9 Å². The number of amides is 1. The fourth-order valence-corrected chi connectivity index (χ4v) is 4.73. The first-order chi connectivity index (χ1) is 14.4. The van der Waals surface area contributed by atoms with E-state index in [1.807, 2.05) is 25.1 Å². The topological polar surface area (TPSA) is 77.1 Å². The van der Waals surface area contributed by atoms with Gasteiger partial charge in [-0.2, -0.15) is 0 Å². The molecule has 0 spiro atoms. The highest BCUT2D eigenvalue weighted by Gasteiger charge is 2.20. The van der Waals surface area contributed by atoms with Gasteiger partial charge in [-0.25, -0.2) is 4.79 Å². The number of carbonyl (C=O) groups excluding carboxylic acids is 2. The summed E-state index contributed by atoms with van der Waals surface area (Å²) in [5.41, 5.74) is 2.54. The number of nitrogens with one attached hydrogen (secondary N) is 1. The number of morpholine rings is 1. The van der Waals surface area contributed by atoms with E-state index in [1.54, 1.807) is 12.1 Å². The highest BCUT2D eigenvalue weighted by Crippen LogP contribution is 2.32. The zero-order valence-electron chi connectivity index (χ0n) is 16.7. The lowest BCUT2D eigenvalue weighted by molar-refractivity contribution is -0.118. The van der Waals surface area contributed by atoms with E-state index < -0.39 is 5.97 Å². The maximum Gasteiger partial charge on any atom is 0.340 e. The van der Waals surface area contributed by atoms with Crippen LogP contribution in [0.15, 0.2) is 39.3 Å². The summed E-state index contributed by atoms with van der Waals surface area (Å²) in [6.07, 6.45) is 0. The molecule has 0 bridgehead atoms. The van der Waals surface area contributed by atoms with Crippen molar-refractivity contribution in [3.8, 4) is 5.75 Å². The number of ether oxygens (including phenoxy) is 3. The van der Waals surface area contributed by atoms with Crippen molar-refractivity contribution in [1.82, 2.24) is 0 Å². The fraction of sp³-hybridized carbons (Fsp3) is 0.333. The summed E-state index contributed by atoms with van der Waals surface area (Å²) in [6.45, 7) is 4.30. The summed E-state index contributed by atoms with van der Waals surface area (Å²) in [4.78, 5) is 26.8. The molecular weight excluding hydrogens is 520 g/mol. The maximum absolute atomic E-state index is 12.4. The molecule has 1 fully saturated rings. The number of aryl methyl sites for hydroxylation is 1. The van der Waals surface area contributed by atoms with E-state index in [-0.39, 0.29) is 12.5 Å². The largest absolute Gasteiger partial charge is 0.482 e. The van der Waals surface area contributed by atoms with E-state index in [2.05, 4.69) is 42.1 Å². The number of benzene rings is 2. The molecular formula is C21H22Br2N2O5. The molecule has 2 aromatic rings. The average molecular weight is 542 g/mol. The predicted octanol–water partition coefficient (Wildman–Crippen LogP) is 4.16. The quantitative estimate of drug-likeness (QED) is 0.553. The van der Waals surface area contributed by atoms with Crippen LogP contribution in [0.3, 0.4) is 0 Å². The Morgan fingerprint density at radius 1 is 1.17 bits per heavy atom. The van der Waals surface area contributed by atoms with Crippen LogP contribution in [0.25, 0.3) is 0 Å². The van der Waals surface area contributed by atoms with Crippen LogP contribution in [0, 0.1) is 6.92 Å². The standard InChI is InChI=1S/C21H22Br2N2O5/c1-13-9-14(22)10-17(23)20(13)30-12-19(26)24-15-3-4-18(16(11-15)21(27)28-2)25-5-7-29-8-6-25/h3-4,9-11H,5-8,12H2,1-2H3,(H,24,26).